The number of rotatable bonds is 2. The molecule has 2 atom stereocenters. The van der Waals surface area contributed by atoms with Crippen molar-refractivity contribution in [1.82, 2.24) is 4.90 Å². The van der Waals surface area contributed by atoms with Crippen LogP contribution in [0.1, 0.15) is 16.8 Å². The quantitative estimate of drug-likeness (QED) is 0.903. The van der Waals surface area contributed by atoms with Crippen molar-refractivity contribution in [2.24, 2.45) is 5.92 Å². The molecule has 0 saturated carbocycles. The predicted molar refractivity (Wildman–Crippen MR) is 80.2 cm³/mol. The minimum absolute atomic E-state index is 0.0183. The molecule has 1 aromatic rings. The largest absolute Gasteiger partial charge is 0.478 e. The number of fused-ring (bicyclic) bond motifs is 1. The Hall–Kier alpha value is -1.66. The zero-order valence-electron chi connectivity index (χ0n) is 12.1. The fraction of sp³-hybridized carbons (Fsp3) is 0.467. The van der Waals surface area contributed by atoms with Crippen LogP contribution < -0.4 is 4.90 Å². The number of benzene rings is 1. The van der Waals surface area contributed by atoms with Gasteiger partial charge in [-0.05, 0) is 25.2 Å². The number of carbonyl (C=O) groups excluding carboxylic acids is 1. The van der Waals surface area contributed by atoms with Crippen molar-refractivity contribution < 1.29 is 19.1 Å². The molecule has 0 unspecified atom stereocenters. The van der Waals surface area contributed by atoms with Gasteiger partial charge in [-0.2, -0.15) is 0 Å². The van der Waals surface area contributed by atoms with Gasteiger partial charge in [-0.15, -0.1) is 0 Å². The monoisotopic (exact) mass is 326 g/mol. The topological polar surface area (TPSA) is 60.9 Å². The maximum absolute atomic E-state index is 15.1. The molecule has 22 heavy (non-hydrogen) atoms. The molecular formula is C15H16ClFN2O3. The van der Waals surface area contributed by atoms with Crippen LogP contribution >= 0.6 is 11.6 Å². The van der Waals surface area contributed by atoms with Crippen molar-refractivity contribution in [1.29, 1.82) is 0 Å². The van der Waals surface area contributed by atoms with Gasteiger partial charge in [0.25, 0.3) is 5.91 Å². The minimum Gasteiger partial charge on any atom is -0.478 e. The normalized spacial score (nSPS) is 28.8. The second-order valence-corrected chi connectivity index (χ2v) is 6.43. The van der Waals surface area contributed by atoms with Gasteiger partial charge in [0.2, 0.25) is 0 Å². The number of hydrogen-bond acceptors (Lipinski definition) is 3. The fourth-order valence-corrected chi connectivity index (χ4v) is 3.49. The van der Waals surface area contributed by atoms with E-state index in [-0.39, 0.29) is 23.6 Å². The summed E-state index contributed by atoms with van der Waals surface area (Å²) >= 11 is 5.93. The van der Waals surface area contributed by atoms with Gasteiger partial charge in [0.05, 0.1) is 5.56 Å². The first-order valence-electron chi connectivity index (χ1n) is 7.04. The fourth-order valence-electron chi connectivity index (χ4n) is 3.26. The Labute approximate surface area is 132 Å². The molecule has 2 aliphatic heterocycles. The van der Waals surface area contributed by atoms with E-state index in [1.54, 1.807) is 0 Å². The average molecular weight is 327 g/mol. The number of aromatic carboxylic acids is 1. The number of carbonyl (C=O) groups is 2. The van der Waals surface area contributed by atoms with Gasteiger partial charge in [0.1, 0.15) is 0 Å². The summed E-state index contributed by atoms with van der Waals surface area (Å²) in [6, 6.07) is 4.16. The summed E-state index contributed by atoms with van der Waals surface area (Å²) < 4.78 is 15.1. The third-order valence-corrected chi connectivity index (χ3v) is 4.70. The van der Waals surface area contributed by atoms with Gasteiger partial charge < -0.3 is 14.9 Å². The van der Waals surface area contributed by atoms with Gasteiger partial charge in [-0.1, -0.05) is 11.6 Å². The molecule has 1 N–H and O–H groups in total. The van der Waals surface area contributed by atoms with E-state index in [1.165, 1.54) is 23.1 Å². The maximum atomic E-state index is 15.1. The number of alkyl halides is 1. The Morgan fingerprint density at radius 1 is 1.41 bits per heavy atom. The first kappa shape index (κ1) is 15.2. The molecule has 5 nitrogen and oxygen atoms in total. The summed E-state index contributed by atoms with van der Waals surface area (Å²) in [5.41, 5.74) is -1.54. The first-order chi connectivity index (χ1) is 10.3. The van der Waals surface area contributed by atoms with Crippen LogP contribution in [-0.4, -0.2) is 54.2 Å². The Balaban J connectivity index is 1.96. The number of amides is 1. The van der Waals surface area contributed by atoms with E-state index in [1.807, 2.05) is 11.9 Å². The van der Waals surface area contributed by atoms with E-state index in [0.717, 1.165) is 0 Å². The van der Waals surface area contributed by atoms with Crippen molar-refractivity contribution in [3.63, 3.8) is 0 Å². The van der Waals surface area contributed by atoms with Gasteiger partial charge in [-0.25, -0.2) is 9.18 Å². The molecule has 2 heterocycles. The summed E-state index contributed by atoms with van der Waals surface area (Å²) in [6.07, 6.45) is 0.163. The summed E-state index contributed by atoms with van der Waals surface area (Å²) in [5, 5.41) is 9.30. The van der Waals surface area contributed by atoms with Crippen molar-refractivity contribution >= 4 is 29.2 Å². The minimum atomic E-state index is -1.86. The Morgan fingerprint density at radius 3 is 2.82 bits per heavy atom. The number of carboxylic acid groups (broad SMARTS) is 1. The third kappa shape index (κ3) is 2.36. The first-order valence-corrected chi connectivity index (χ1v) is 7.42. The van der Waals surface area contributed by atoms with E-state index in [9.17, 15) is 9.59 Å². The number of anilines is 1. The molecule has 1 amide bonds. The molecule has 3 rings (SSSR count). The van der Waals surface area contributed by atoms with Crippen molar-refractivity contribution in [3.8, 4) is 0 Å². The highest BCUT2D eigenvalue weighted by Crippen LogP contribution is 2.41. The summed E-state index contributed by atoms with van der Waals surface area (Å²) in [6.45, 7) is 1.27. The SMILES string of the molecule is CN1CC[C@]2(F)C(=O)N(c3cc(Cl)cc(C(=O)O)c3)C[C@@H]2C1. The second kappa shape index (κ2) is 5.21. The molecule has 118 valence electrons. The molecule has 2 saturated heterocycles. The highest BCUT2D eigenvalue weighted by atomic mass is 35.5. The van der Waals surface area contributed by atoms with Crippen LogP contribution in [0.15, 0.2) is 18.2 Å². The smallest absolute Gasteiger partial charge is 0.335 e. The van der Waals surface area contributed by atoms with Crippen LogP contribution in [0.25, 0.3) is 0 Å². The molecule has 0 aliphatic carbocycles. The van der Waals surface area contributed by atoms with Crippen LogP contribution in [0.2, 0.25) is 5.02 Å². The Kier molecular flexibility index (Phi) is 3.61. The van der Waals surface area contributed by atoms with Crippen LogP contribution in [0.4, 0.5) is 10.1 Å². The highest BCUT2D eigenvalue weighted by molar-refractivity contribution is 6.31. The predicted octanol–water partition coefficient (Wildman–Crippen LogP) is 2.04. The van der Waals surface area contributed by atoms with Crippen molar-refractivity contribution in [2.45, 2.75) is 12.1 Å². The Morgan fingerprint density at radius 2 is 2.14 bits per heavy atom. The van der Waals surface area contributed by atoms with E-state index >= 15 is 4.39 Å². The zero-order chi connectivity index (χ0) is 16.1. The van der Waals surface area contributed by atoms with Crippen LogP contribution in [0.5, 0.6) is 0 Å². The number of carboxylic acids is 1. The Bertz CT molecular complexity index is 654. The van der Waals surface area contributed by atoms with Crippen molar-refractivity contribution in [3.05, 3.63) is 28.8 Å². The molecule has 2 fully saturated rings. The average Bonchev–Trinajstić information content (AvgIpc) is 2.71. The molecule has 7 heteroatoms. The van der Waals surface area contributed by atoms with Crippen LogP contribution in [0, 0.1) is 5.92 Å². The van der Waals surface area contributed by atoms with Gasteiger partial charge in [0.15, 0.2) is 5.67 Å². The summed E-state index contributed by atoms with van der Waals surface area (Å²) in [4.78, 5) is 26.9. The second-order valence-electron chi connectivity index (χ2n) is 5.99. The lowest BCUT2D eigenvalue weighted by atomic mass is 9.85. The van der Waals surface area contributed by atoms with Crippen molar-refractivity contribution in [2.75, 3.05) is 31.6 Å². The summed E-state index contributed by atoms with van der Waals surface area (Å²) in [7, 11) is 1.90. The summed E-state index contributed by atoms with van der Waals surface area (Å²) in [5.74, 6) is -2.14. The molecule has 0 bridgehead atoms. The molecule has 0 radical (unpaired) electrons. The standard InChI is InChI=1S/C15H16ClFN2O3/c1-18-3-2-15(17)10(7-18)8-19(14(15)22)12-5-9(13(20)21)4-11(16)6-12/h4-6,10H,2-3,7-8H2,1H3,(H,20,21)/t10-,15+/m0/s1. The van der Waals surface area contributed by atoms with Gasteiger partial charge in [-0.3, -0.25) is 4.79 Å². The van der Waals surface area contributed by atoms with Crippen LogP contribution in [-0.2, 0) is 4.79 Å². The lowest BCUT2D eigenvalue weighted by molar-refractivity contribution is -0.131. The third-order valence-electron chi connectivity index (χ3n) is 4.48. The van der Waals surface area contributed by atoms with Gasteiger partial charge in [0, 0.05) is 42.7 Å². The lowest BCUT2D eigenvalue weighted by Crippen LogP contribution is -2.49. The van der Waals surface area contributed by atoms with E-state index in [2.05, 4.69) is 0 Å². The zero-order valence-corrected chi connectivity index (χ0v) is 12.8. The molecule has 1 aromatic carbocycles. The highest BCUT2D eigenvalue weighted by Gasteiger charge is 2.57. The van der Waals surface area contributed by atoms with Crippen LogP contribution in [0.3, 0.4) is 0 Å². The number of likely N-dealkylation sites (tertiary alicyclic amines) is 1. The van der Waals surface area contributed by atoms with E-state index in [0.29, 0.717) is 18.8 Å². The molecule has 0 spiro atoms. The number of hydrogen-bond donors (Lipinski definition) is 1. The maximum Gasteiger partial charge on any atom is 0.335 e. The number of nitrogens with zero attached hydrogens (tertiary/aromatic N) is 2. The molecule has 2 aliphatic rings. The van der Waals surface area contributed by atoms with E-state index < -0.39 is 23.5 Å². The number of piperidine rings is 1. The van der Waals surface area contributed by atoms with E-state index in [4.69, 9.17) is 16.7 Å². The lowest BCUT2D eigenvalue weighted by Gasteiger charge is -2.34. The number of halogens is 2. The molecule has 0 aromatic heterocycles. The molecular weight excluding hydrogens is 311 g/mol. The van der Waals surface area contributed by atoms with Gasteiger partial charge >= 0.3 is 5.97 Å².